The van der Waals surface area contributed by atoms with E-state index in [0.29, 0.717) is 30.7 Å². The van der Waals surface area contributed by atoms with E-state index < -0.39 is 0 Å². The van der Waals surface area contributed by atoms with Crippen LogP contribution in [0, 0.1) is 19.8 Å². The van der Waals surface area contributed by atoms with Gasteiger partial charge in [0.1, 0.15) is 0 Å². The Kier molecular flexibility index (Phi) is 5.69. The molecule has 1 aromatic heterocycles. The summed E-state index contributed by atoms with van der Waals surface area (Å²) in [6.07, 6.45) is 5.30. The summed E-state index contributed by atoms with van der Waals surface area (Å²) in [5.41, 5.74) is 3.49. The predicted octanol–water partition coefficient (Wildman–Crippen LogP) is 4.18. The Labute approximate surface area is 150 Å². The van der Waals surface area contributed by atoms with Gasteiger partial charge in [-0.15, -0.1) is 0 Å². The smallest absolute Gasteiger partial charge is 0.253 e. The number of carbonyl (C=O) groups is 1. The molecule has 1 aromatic carbocycles. The van der Waals surface area contributed by atoms with Crippen molar-refractivity contribution >= 4 is 16.8 Å². The molecule has 25 heavy (non-hydrogen) atoms. The molecule has 4 nitrogen and oxygen atoms in total. The van der Waals surface area contributed by atoms with Crippen molar-refractivity contribution in [2.24, 2.45) is 5.92 Å². The molecular weight excluding hydrogens is 312 g/mol. The molecule has 1 aliphatic rings. The molecule has 0 saturated heterocycles. The van der Waals surface area contributed by atoms with E-state index in [1.54, 1.807) is 0 Å². The van der Waals surface area contributed by atoms with Gasteiger partial charge >= 0.3 is 0 Å². The second-order valence-corrected chi connectivity index (χ2v) is 7.24. The molecular formula is C21H28N2O2. The average Bonchev–Trinajstić information content (AvgIpc) is 2.59. The van der Waals surface area contributed by atoms with Crippen molar-refractivity contribution in [2.75, 3.05) is 13.2 Å². The van der Waals surface area contributed by atoms with E-state index in [0.717, 1.165) is 23.0 Å². The molecule has 0 unspecified atom stereocenters. The highest BCUT2D eigenvalue weighted by molar-refractivity contribution is 5.98. The molecule has 1 amide bonds. The molecule has 4 heteroatoms. The first-order chi connectivity index (χ1) is 12.0. The van der Waals surface area contributed by atoms with Crippen molar-refractivity contribution in [1.29, 1.82) is 0 Å². The number of amides is 1. The third-order valence-electron chi connectivity index (χ3n) is 5.16. The van der Waals surface area contributed by atoms with Crippen molar-refractivity contribution in [3.05, 3.63) is 41.1 Å². The van der Waals surface area contributed by atoms with Gasteiger partial charge in [-0.1, -0.05) is 31.4 Å². The van der Waals surface area contributed by atoms with Crippen molar-refractivity contribution in [1.82, 2.24) is 10.3 Å². The molecule has 1 N–H and O–H groups in total. The molecule has 2 atom stereocenters. The zero-order valence-corrected chi connectivity index (χ0v) is 15.5. The van der Waals surface area contributed by atoms with Crippen molar-refractivity contribution in [3.8, 4) is 0 Å². The summed E-state index contributed by atoms with van der Waals surface area (Å²) in [5, 5.41) is 3.97. The van der Waals surface area contributed by atoms with Crippen molar-refractivity contribution in [2.45, 2.75) is 52.6 Å². The number of benzene rings is 1. The lowest BCUT2D eigenvalue weighted by Gasteiger charge is -2.28. The number of nitrogens with zero attached hydrogens (tertiary/aromatic N) is 1. The van der Waals surface area contributed by atoms with Gasteiger partial charge in [-0.3, -0.25) is 9.78 Å². The molecule has 0 radical (unpaired) electrons. The van der Waals surface area contributed by atoms with E-state index in [2.05, 4.69) is 23.3 Å². The summed E-state index contributed by atoms with van der Waals surface area (Å²) < 4.78 is 5.97. The normalized spacial score (nSPS) is 20.6. The minimum atomic E-state index is -0.0753. The second kappa shape index (κ2) is 7.96. The number of nitrogens with one attached hydrogen (secondary N) is 1. The zero-order chi connectivity index (χ0) is 17.8. The van der Waals surface area contributed by atoms with E-state index in [-0.39, 0.29) is 5.91 Å². The highest BCUT2D eigenvalue weighted by atomic mass is 16.5. The highest BCUT2D eigenvalue weighted by Gasteiger charge is 2.21. The van der Waals surface area contributed by atoms with E-state index in [1.165, 1.54) is 24.8 Å². The zero-order valence-electron chi connectivity index (χ0n) is 15.5. The van der Waals surface area contributed by atoms with Crippen LogP contribution in [0.5, 0.6) is 0 Å². The maximum Gasteiger partial charge on any atom is 0.253 e. The number of rotatable bonds is 5. The van der Waals surface area contributed by atoms with Crippen LogP contribution in [-0.4, -0.2) is 30.1 Å². The topological polar surface area (TPSA) is 51.2 Å². The highest BCUT2D eigenvalue weighted by Crippen LogP contribution is 2.26. The number of pyridine rings is 1. The van der Waals surface area contributed by atoms with Gasteiger partial charge in [-0.05, 0) is 50.8 Å². The fourth-order valence-corrected chi connectivity index (χ4v) is 3.62. The van der Waals surface area contributed by atoms with E-state index >= 15 is 0 Å². The number of hydrogen-bond donors (Lipinski definition) is 1. The molecule has 3 rings (SSSR count). The molecule has 1 saturated carbocycles. The third-order valence-corrected chi connectivity index (χ3v) is 5.16. The summed E-state index contributed by atoms with van der Waals surface area (Å²) in [6, 6.07) is 8.03. The molecule has 0 spiro atoms. The van der Waals surface area contributed by atoms with Gasteiger partial charge in [0.2, 0.25) is 0 Å². The lowest BCUT2D eigenvalue weighted by atomic mass is 9.88. The summed E-state index contributed by atoms with van der Waals surface area (Å²) in [6.45, 7) is 7.29. The standard InChI is InChI=1S/C21H28N2O2/c1-14-8-9-19-17(12-14)13-18(16(3)23-19)21(24)22-10-11-25-20-7-5-4-6-15(20)2/h8-9,12-13,15,20H,4-7,10-11H2,1-3H3,(H,22,24)/t15-,20-/m1/s1. The Balaban J connectivity index is 1.57. The van der Waals surface area contributed by atoms with Gasteiger partial charge in [0, 0.05) is 11.9 Å². The van der Waals surface area contributed by atoms with Crippen LogP contribution in [0.2, 0.25) is 0 Å². The molecule has 2 aromatic rings. The number of aryl methyl sites for hydroxylation is 2. The lowest BCUT2D eigenvalue weighted by Crippen LogP contribution is -2.32. The number of carbonyl (C=O) groups excluding carboxylic acids is 1. The van der Waals surface area contributed by atoms with Gasteiger partial charge in [0.05, 0.1) is 29.5 Å². The summed E-state index contributed by atoms with van der Waals surface area (Å²) >= 11 is 0. The van der Waals surface area contributed by atoms with Crippen LogP contribution in [0.15, 0.2) is 24.3 Å². The Morgan fingerprint density at radius 3 is 2.84 bits per heavy atom. The molecule has 1 aliphatic carbocycles. The first-order valence-electron chi connectivity index (χ1n) is 9.32. The van der Waals surface area contributed by atoms with E-state index in [9.17, 15) is 4.79 Å². The van der Waals surface area contributed by atoms with Gasteiger partial charge in [-0.2, -0.15) is 0 Å². The van der Waals surface area contributed by atoms with Gasteiger partial charge in [0.25, 0.3) is 5.91 Å². The van der Waals surface area contributed by atoms with Crippen LogP contribution < -0.4 is 5.32 Å². The number of fused-ring (bicyclic) bond motifs is 1. The monoisotopic (exact) mass is 340 g/mol. The maximum atomic E-state index is 12.5. The Bertz CT molecular complexity index is 757. The fourth-order valence-electron chi connectivity index (χ4n) is 3.62. The van der Waals surface area contributed by atoms with E-state index in [1.807, 2.05) is 32.0 Å². The van der Waals surface area contributed by atoms with Gasteiger partial charge in [0.15, 0.2) is 0 Å². The van der Waals surface area contributed by atoms with Gasteiger partial charge < -0.3 is 10.1 Å². The summed E-state index contributed by atoms with van der Waals surface area (Å²) in [4.78, 5) is 17.1. The third kappa shape index (κ3) is 4.37. The average molecular weight is 340 g/mol. The Morgan fingerprint density at radius 2 is 2.04 bits per heavy atom. The van der Waals surface area contributed by atoms with Crippen LogP contribution in [0.1, 0.15) is 54.2 Å². The van der Waals surface area contributed by atoms with Crippen LogP contribution in [0.25, 0.3) is 10.9 Å². The van der Waals surface area contributed by atoms with Crippen molar-refractivity contribution in [3.63, 3.8) is 0 Å². The predicted molar refractivity (Wildman–Crippen MR) is 101 cm³/mol. The largest absolute Gasteiger partial charge is 0.376 e. The fraction of sp³-hybridized carbons (Fsp3) is 0.524. The summed E-state index contributed by atoms with van der Waals surface area (Å²) in [5.74, 6) is 0.549. The summed E-state index contributed by atoms with van der Waals surface area (Å²) in [7, 11) is 0. The Hall–Kier alpha value is -1.94. The van der Waals surface area contributed by atoms with Crippen LogP contribution in [0.4, 0.5) is 0 Å². The number of hydrogen-bond acceptors (Lipinski definition) is 3. The minimum Gasteiger partial charge on any atom is -0.376 e. The molecule has 134 valence electrons. The quantitative estimate of drug-likeness (QED) is 0.831. The van der Waals surface area contributed by atoms with Gasteiger partial charge in [-0.25, -0.2) is 0 Å². The first kappa shape index (κ1) is 17.9. The SMILES string of the molecule is Cc1ccc2nc(C)c(C(=O)NCCO[C@@H]3CCCC[C@H]3C)cc2c1. The number of ether oxygens (including phenoxy) is 1. The Morgan fingerprint density at radius 1 is 1.24 bits per heavy atom. The molecule has 0 bridgehead atoms. The minimum absolute atomic E-state index is 0.0753. The van der Waals surface area contributed by atoms with Crippen molar-refractivity contribution < 1.29 is 9.53 Å². The lowest BCUT2D eigenvalue weighted by molar-refractivity contribution is -0.00294. The first-order valence-corrected chi connectivity index (χ1v) is 9.32. The molecule has 0 aliphatic heterocycles. The molecule has 1 heterocycles. The van der Waals surface area contributed by atoms with E-state index in [4.69, 9.17) is 4.74 Å². The number of aromatic nitrogens is 1. The second-order valence-electron chi connectivity index (χ2n) is 7.24. The van der Waals surface area contributed by atoms with Crippen LogP contribution >= 0.6 is 0 Å². The molecule has 1 fully saturated rings. The van der Waals surface area contributed by atoms with Crippen LogP contribution in [-0.2, 0) is 4.74 Å². The maximum absolute atomic E-state index is 12.5. The van der Waals surface area contributed by atoms with Crippen LogP contribution in [0.3, 0.4) is 0 Å².